The summed E-state index contributed by atoms with van der Waals surface area (Å²) in [7, 11) is 0. The van der Waals surface area contributed by atoms with Crippen LogP contribution in [0.4, 0.5) is 17.5 Å². The predicted molar refractivity (Wildman–Crippen MR) is 107 cm³/mol. The summed E-state index contributed by atoms with van der Waals surface area (Å²) in [5, 5.41) is 4.96. The number of nitrogens with one attached hydrogen (secondary N) is 1. The summed E-state index contributed by atoms with van der Waals surface area (Å²) in [6.45, 7) is 4.03. The number of pyridine rings is 3. The van der Waals surface area contributed by atoms with Crippen molar-refractivity contribution >= 4 is 28.2 Å². The van der Waals surface area contributed by atoms with Crippen LogP contribution in [0.3, 0.4) is 0 Å². The zero-order valence-electron chi connectivity index (χ0n) is 15.1. The molecule has 0 aliphatic heterocycles. The van der Waals surface area contributed by atoms with Crippen LogP contribution in [0.5, 0.6) is 0 Å². The Morgan fingerprint density at radius 2 is 1.89 bits per heavy atom. The van der Waals surface area contributed by atoms with Gasteiger partial charge in [-0.1, -0.05) is 6.92 Å². The van der Waals surface area contributed by atoms with E-state index in [2.05, 4.69) is 37.2 Å². The van der Waals surface area contributed by atoms with E-state index in [0.29, 0.717) is 17.5 Å². The van der Waals surface area contributed by atoms with Gasteiger partial charge >= 0.3 is 0 Å². The highest BCUT2D eigenvalue weighted by Crippen LogP contribution is 2.29. The first-order valence-corrected chi connectivity index (χ1v) is 8.69. The van der Waals surface area contributed by atoms with Crippen molar-refractivity contribution in [1.82, 2.24) is 24.9 Å². The van der Waals surface area contributed by atoms with Crippen molar-refractivity contribution in [2.24, 2.45) is 0 Å². The van der Waals surface area contributed by atoms with Crippen molar-refractivity contribution in [2.45, 2.75) is 20.3 Å². The normalized spacial score (nSPS) is 10.9. The molecule has 0 unspecified atom stereocenters. The fourth-order valence-electron chi connectivity index (χ4n) is 3.00. The van der Waals surface area contributed by atoms with Crippen LogP contribution in [0.25, 0.3) is 22.0 Å². The van der Waals surface area contributed by atoms with Crippen molar-refractivity contribution in [3.63, 3.8) is 0 Å². The Kier molecular flexibility index (Phi) is 4.33. The van der Waals surface area contributed by atoms with Gasteiger partial charge in [-0.3, -0.25) is 4.98 Å². The summed E-state index contributed by atoms with van der Waals surface area (Å²) in [5.74, 6) is 1.82. The number of nitrogens with zero attached hydrogens (tertiary/aromatic N) is 5. The van der Waals surface area contributed by atoms with Crippen molar-refractivity contribution < 1.29 is 0 Å². The summed E-state index contributed by atoms with van der Waals surface area (Å²) >= 11 is 0. The van der Waals surface area contributed by atoms with E-state index in [1.807, 2.05) is 37.4 Å². The Bertz CT molecular complexity index is 1120. The summed E-state index contributed by atoms with van der Waals surface area (Å²) in [6, 6.07) is 7.83. The van der Waals surface area contributed by atoms with Gasteiger partial charge in [0.2, 0.25) is 0 Å². The molecule has 7 nitrogen and oxygen atoms in total. The van der Waals surface area contributed by atoms with E-state index in [9.17, 15) is 0 Å². The fourth-order valence-corrected chi connectivity index (χ4v) is 3.00. The van der Waals surface area contributed by atoms with Gasteiger partial charge in [-0.2, -0.15) is 0 Å². The van der Waals surface area contributed by atoms with E-state index in [1.165, 1.54) is 11.9 Å². The lowest BCUT2D eigenvalue weighted by Crippen LogP contribution is -2.00. The Morgan fingerprint density at radius 1 is 1.04 bits per heavy atom. The Labute approximate surface area is 156 Å². The van der Waals surface area contributed by atoms with Crippen LogP contribution >= 0.6 is 0 Å². The number of aryl methyl sites for hydroxylation is 2. The van der Waals surface area contributed by atoms with E-state index in [0.717, 1.165) is 34.1 Å². The first kappa shape index (κ1) is 16.8. The first-order valence-electron chi connectivity index (χ1n) is 8.69. The van der Waals surface area contributed by atoms with Gasteiger partial charge in [0.05, 0.1) is 5.69 Å². The number of fused-ring (bicyclic) bond motifs is 1. The summed E-state index contributed by atoms with van der Waals surface area (Å²) in [5.41, 5.74) is 10.1. The Hall–Kier alpha value is -3.61. The highest BCUT2D eigenvalue weighted by molar-refractivity contribution is 5.94. The second-order valence-electron chi connectivity index (χ2n) is 6.24. The molecule has 4 heterocycles. The largest absolute Gasteiger partial charge is 0.383 e. The van der Waals surface area contributed by atoms with Gasteiger partial charge in [0.15, 0.2) is 0 Å². The van der Waals surface area contributed by atoms with Crippen molar-refractivity contribution in [3.05, 3.63) is 60.4 Å². The zero-order valence-corrected chi connectivity index (χ0v) is 15.1. The van der Waals surface area contributed by atoms with Crippen LogP contribution in [-0.4, -0.2) is 24.9 Å². The van der Waals surface area contributed by atoms with Gasteiger partial charge in [0.1, 0.15) is 23.8 Å². The molecule has 0 fully saturated rings. The molecule has 134 valence electrons. The Morgan fingerprint density at radius 3 is 2.70 bits per heavy atom. The van der Waals surface area contributed by atoms with Gasteiger partial charge < -0.3 is 11.1 Å². The number of nitrogen functional groups attached to an aromatic ring is 1. The van der Waals surface area contributed by atoms with Crippen LogP contribution in [0.1, 0.15) is 18.2 Å². The second kappa shape index (κ2) is 6.95. The lowest BCUT2D eigenvalue weighted by Gasteiger charge is -2.11. The van der Waals surface area contributed by atoms with Crippen LogP contribution < -0.4 is 11.1 Å². The molecule has 4 rings (SSSR count). The van der Waals surface area contributed by atoms with E-state index in [4.69, 9.17) is 5.73 Å². The Balaban J connectivity index is 1.78. The number of rotatable bonds is 4. The molecule has 0 aliphatic carbocycles. The highest BCUT2D eigenvalue weighted by Gasteiger charge is 2.10. The standard InChI is InChI=1S/C20H19N7/c1-3-13-4-5-22-9-15(13)17-7-14-8-19(23-10-16(14)20(21)26-17)27-18-6-12(2)24-11-25-18/h4-11H,3H2,1-2H3,(H2,21,26)(H,23,24,25,27). The van der Waals surface area contributed by atoms with Crippen LogP contribution in [0, 0.1) is 6.92 Å². The monoisotopic (exact) mass is 357 g/mol. The highest BCUT2D eigenvalue weighted by atomic mass is 15.1. The fraction of sp³-hybridized carbons (Fsp3) is 0.150. The van der Waals surface area contributed by atoms with Gasteiger partial charge in [-0.15, -0.1) is 0 Å². The molecular weight excluding hydrogens is 338 g/mol. The zero-order chi connectivity index (χ0) is 18.8. The van der Waals surface area contributed by atoms with E-state index in [-0.39, 0.29) is 0 Å². The maximum Gasteiger partial charge on any atom is 0.135 e. The minimum Gasteiger partial charge on any atom is -0.383 e. The molecule has 0 spiro atoms. The van der Waals surface area contributed by atoms with Gasteiger partial charge in [-0.25, -0.2) is 19.9 Å². The molecule has 0 atom stereocenters. The molecule has 0 saturated heterocycles. The van der Waals surface area contributed by atoms with Gasteiger partial charge in [-0.05, 0) is 42.5 Å². The van der Waals surface area contributed by atoms with Gasteiger partial charge in [0.25, 0.3) is 0 Å². The topological polar surface area (TPSA) is 102 Å². The van der Waals surface area contributed by atoms with Crippen molar-refractivity contribution in [1.29, 1.82) is 0 Å². The average Bonchev–Trinajstić information content (AvgIpc) is 2.67. The number of nitrogens with two attached hydrogens (primary N) is 1. The minimum absolute atomic E-state index is 0.449. The average molecular weight is 357 g/mol. The van der Waals surface area contributed by atoms with E-state index in [1.54, 1.807) is 12.4 Å². The van der Waals surface area contributed by atoms with E-state index < -0.39 is 0 Å². The quantitative estimate of drug-likeness (QED) is 0.574. The molecule has 0 saturated carbocycles. The third-order valence-electron chi connectivity index (χ3n) is 4.37. The van der Waals surface area contributed by atoms with Crippen LogP contribution in [0.15, 0.2) is 49.2 Å². The number of anilines is 3. The number of aromatic nitrogens is 5. The molecule has 7 heteroatoms. The molecule has 3 N–H and O–H groups in total. The lowest BCUT2D eigenvalue weighted by atomic mass is 10.0. The van der Waals surface area contributed by atoms with Gasteiger partial charge in [0, 0.05) is 41.3 Å². The minimum atomic E-state index is 0.449. The molecule has 0 aromatic carbocycles. The maximum absolute atomic E-state index is 6.20. The number of hydrogen-bond donors (Lipinski definition) is 2. The molecule has 4 aromatic heterocycles. The smallest absolute Gasteiger partial charge is 0.135 e. The molecule has 4 aromatic rings. The summed E-state index contributed by atoms with van der Waals surface area (Å²) < 4.78 is 0. The lowest BCUT2D eigenvalue weighted by molar-refractivity contribution is 1.10. The van der Waals surface area contributed by atoms with E-state index >= 15 is 0 Å². The van der Waals surface area contributed by atoms with Crippen LogP contribution in [0.2, 0.25) is 0 Å². The first-order chi connectivity index (χ1) is 13.1. The second-order valence-corrected chi connectivity index (χ2v) is 6.24. The maximum atomic E-state index is 6.20. The molecular formula is C20H19N7. The third-order valence-corrected chi connectivity index (χ3v) is 4.37. The predicted octanol–water partition coefficient (Wildman–Crippen LogP) is 3.68. The molecule has 27 heavy (non-hydrogen) atoms. The molecule has 0 amide bonds. The number of hydrogen-bond acceptors (Lipinski definition) is 7. The molecule has 0 radical (unpaired) electrons. The molecule has 0 aliphatic rings. The summed E-state index contributed by atoms with van der Waals surface area (Å²) in [6.07, 6.45) is 7.77. The van der Waals surface area contributed by atoms with Crippen molar-refractivity contribution in [2.75, 3.05) is 11.1 Å². The summed E-state index contributed by atoms with van der Waals surface area (Å²) in [4.78, 5) is 21.5. The molecule has 0 bridgehead atoms. The SMILES string of the molecule is CCc1ccncc1-c1cc2cc(Nc3cc(C)ncn3)ncc2c(N)n1. The third kappa shape index (κ3) is 3.39. The van der Waals surface area contributed by atoms with Crippen molar-refractivity contribution in [3.8, 4) is 11.3 Å². The van der Waals surface area contributed by atoms with Crippen LogP contribution in [-0.2, 0) is 6.42 Å².